The number of nitrogens with one attached hydrogen (secondary N) is 1. The maximum absolute atomic E-state index is 12.9. The molecule has 0 unspecified atom stereocenters. The van der Waals surface area contributed by atoms with E-state index in [0.717, 1.165) is 5.56 Å². The molecule has 8 heteroatoms. The van der Waals surface area contributed by atoms with Gasteiger partial charge in [0.15, 0.2) is 0 Å². The topological polar surface area (TPSA) is 99.6 Å². The Labute approximate surface area is 181 Å². The number of carbonyl (C=O) groups is 1. The summed E-state index contributed by atoms with van der Waals surface area (Å²) in [6, 6.07) is 13.3. The molecule has 0 saturated heterocycles. The van der Waals surface area contributed by atoms with Crippen molar-refractivity contribution >= 4 is 38.3 Å². The third-order valence-electron chi connectivity index (χ3n) is 4.89. The summed E-state index contributed by atoms with van der Waals surface area (Å²) in [4.78, 5) is 17.5. The van der Waals surface area contributed by atoms with Gasteiger partial charge < -0.3 is 10.0 Å². The number of aryl methyl sites for hydroxylation is 1. The lowest BCUT2D eigenvalue weighted by molar-refractivity contribution is -0.137. The summed E-state index contributed by atoms with van der Waals surface area (Å²) in [5.41, 5.74) is 1.28. The van der Waals surface area contributed by atoms with Crippen LogP contribution in [0.15, 0.2) is 59.6 Å². The van der Waals surface area contributed by atoms with Gasteiger partial charge in [-0.2, -0.15) is 0 Å². The van der Waals surface area contributed by atoms with Gasteiger partial charge in [-0.3, -0.25) is 9.52 Å². The number of fused-ring (bicyclic) bond motifs is 1. The molecule has 3 aromatic rings. The first-order chi connectivity index (χ1) is 14.7. The molecule has 0 aliphatic heterocycles. The molecule has 1 heterocycles. The molecule has 0 saturated carbocycles. The Morgan fingerprint density at radius 1 is 1.19 bits per heavy atom. The molecule has 1 atom stereocenters. The van der Waals surface area contributed by atoms with Gasteiger partial charge >= 0.3 is 5.97 Å². The summed E-state index contributed by atoms with van der Waals surface area (Å²) < 4.78 is 28.3. The van der Waals surface area contributed by atoms with Crippen LogP contribution in [0.5, 0.6) is 0 Å². The first-order valence-corrected chi connectivity index (χ1v) is 11.1. The van der Waals surface area contributed by atoms with Gasteiger partial charge in [-0.1, -0.05) is 47.9 Å². The van der Waals surface area contributed by atoms with Crippen molar-refractivity contribution in [2.75, 3.05) is 16.2 Å². The third-order valence-corrected chi connectivity index (χ3v) is 6.27. The van der Waals surface area contributed by atoms with Crippen LogP contribution in [-0.4, -0.2) is 37.1 Å². The number of aromatic nitrogens is 1. The molecule has 0 aliphatic rings. The van der Waals surface area contributed by atoms with Crippen LogP contribution in [0, 0.1) is 19.3 Å². The minimum Gasteiger partial charge on any atom is -0.481 e. The Morgan fingerprint density at radius 2 is 1.84 bits per heavy atom. The summed E-state index contributed by atoms with van der Waals surface area (Å²) in [5, 5.41) is 10.5. The summed E-state index contributed by atoms with van der Waals surface area (Å²) >= 11 is 0. The fourth-order valence-electron chi connectivity index (χ4n) is 3.31. The van der Waals surface area contributed by atoms with Crippen molar-refractivity contribution in [2.24, 2.45) is 0 Å². The minimum absolute atomic E-state index is 0.112. The van der Waals surface area contributed by atoms with Gasteiger partial charge in [-0.25, -0.2) is 13.4 Å². The molecule has 2 aromatic carbocycles. The molecule has 0 spiro atoms. The zero-order valence-corrected chi connectivity index (χ0v) is 18.1. The van der Waals surface area contributed by atoms with Crippen LogP contribution in [-0.2, 0) is 14.8 Å². The Hall–Kier alpha value is -3.57. The van der Waals surface area contributed by atoms with Crippen LogP contribution in [0.2, 0.25) is 0 Å². The second-order valence-electron chi connectivity index (χ2n) is 7.24. The highest BCUT2D eigenvalue weighted by atomic mass is 32.2. The number of hydrogen-bond donors (Lipinski definition) is 2. The third kappa shape index (κ3) is 4.95. The van der Waals surface area contributed by atoms with E-state index in [0.29, 0.717) is 22.3 Å². The monoisotopic (exact) mass is 437 g/mol. The largest absolute Gasteiger partial charge is 0.481 e. The van der Waals surface area contributed by atoms with Crippen LogP contribution in [0.4, 0.5) is 11.5 Å². The lowest BCUT2D eigenvalue weighted by Gasteiger charge is -2.29. The van der Waals surface area contributed by atoms with Gasteiger partial charge in [0.1, 0.15) is 5.82 Å². The highest BCUT2D eigenvalue weighted by molar-refractivity contribution is 7.92. The zero-order chi connectivity index (χ0) is 22.6. The normalized spacial score (nSPS) is 12.2. The number of anilines is 2. The van der Waals surface area contributed by atoms with E-state index in [1.54, 1.807) is 54.3 Å². The first kappa shape index (κ1) is 22.1. The average Bonchev–Trinajstić information content (AvgIpc) is 2.72. The summed E-state index contributed by atoms with van der Waals surface area (Å²) in [6.45, 7) is 3.81. The van der Waals surface area contributed by atoms with Crippen molar-refractivity contribution in [3.8, 4) is 12.3 Å². The molecule has 0 fully saturated rings. The molecular formula is C23H23N3O4S. The molecule has 0 amide bonds. The van der Waals surface area contributed by atoms with Gasteiger partial charge in [0.2, 0.25) is 0 Å². The summed E-state index contributed by atoms with van der Waals surface area (Å²) in [7, 11) is -3.81. The maximum Gasteiger partial charge on any atom is 0.305 e. The van der Waals surface area contributed by atoms with Crippen LogP contribution in [0.3, 0.4) is 0 Å². The zero-order valence-electron chi connectivity index (χ0n) is 17.2. The smallest absolute Gasteiger partial charge is 0.305 e. The number of hydrogen-bond acceptors (Lipinski definition) is 5. The fraction of sp³-hybridized carbons (Fsp3) is 0.217. The van der Waals surface area contributed by atoms with Crippen molar-refractivity contribution < 1.29 is 18.3 Å². The lowest BCUT2D eigenvalue weighted by Crippen LogP contribution is -2.36. The molecule has 160 valence electrons. The first-order valence-electron chi connectivity index (χ1n) is 9.62. The Bertz CT molecular complexity index is 1250. The van der Waals surface area contributed by atoms with Gasteiger partial charge in [0.25, 0.3) is 10.0 Å². The number of carboxylic acid groups (broad SMARTS) is 1. The predicted octanol–water partition coefficient (Wildman–Crippen LogP) is 3.65. The maximum atomic E-state index is 12.9. The van der Waals surface area contributed by atoms with E-state index in [-0.39, 0.29) is 17.9 Å². The molecule has 3 rings (SSSR count). The molecule has 0 bridgehead atoms. The number of benzene rings is 2. The van der Waals surface area contributed by atoms with Gasteiger partial charge in [-0.15, -0.1) is 6.42 Å². The van der Waals surface area contributed by atoms with Crippen molar-refractivity contribution in [1.29, 1.82) is 0 Å². The molecule has 1 aromatic heterocycles. The van der Waals surface area contributed by atoms with Crippen molar-refractivity contribution in [3.63, 3.8) is 0 Å². The molecule has 7 nitrogen and oxygen atoms in total. The Morgan fingerprint density at radius 3 is 2.45 bits per heavy atom. The highest BCUT2D eigenvalue weighted by Crippen LogP contribution is 2.32. The fourth-order valence-corrected chi connectivity index (χ4v) is 4.37. The van der Waals surface area contributed by atoms with Crippen LogP contribution < -0.4 is 9.62 Å². The number of carboxylic acids is 1. The molecule has 31 heavy (non-hydrogen) atoms. The Balaban J connectivity index is 2.06. The van der Waals surface area contributed by atoms with E-state index >= 15 is 0 Å². The lowest BCUT2D eigenvalue weighted by atomic mass is 10.1. The van der Waals surface area contributed by atoms with E-state index in [1.165, 1.54) is 6.20 Å². The quantitative estimate of drug-likeness (QED) is 0.522. The van der Waals surface area contributed by atoms with Crippen LogP contribution in [0.25, 0.3) is 10.8 Å². The van der Waals surface area contributed by atoms with E-state index < -0.39 is 22.0 Å². The van der Waals surface area contributed by atoms with Crippen molar-refractivity contribution in [3.05, 3.63) is 60.3 Å². The number of sulfonamides is 1. The second kappa shape index (κ2) is 9.06. The van der Waals surface area contributed by atoms with E-state index in [9.17, 15) is 18.3 Å². The van der Waals surface area contributed by atoms with Gasteiger partial charge in [-0.05, 0) is 26.0 Å². The van der Waals surface area contributed by atoms with E-state index in [2.05, 4.69) is 15.6 Å². The second-order valence-corrected chi connectivity index (χ2v) is 8.92. The number of terminal acetylenes is 1. The SMILES string of the molecule is C#CCN(c1ncc(NS(=O)(=O)c2ccc(C)cc2)c2ccccc12)[C@@H](C)CC(=O)O. The number of nitrogens with zero attached hydrogens (tertiary/aromatic N) is 2. The molecule has 0 aliphatic carbocycles. The predicted molar refractivity (Wildman–Crippen MR) is 122 cm³/mol. The minimum atomic E-state index is -3.81. The van der Waals surface area contributed by atoms with Crippen LogP contribution in [0.1, 0.15) is 18.9 Å². The van der Waals surface area contributed by atoms with Crippen LogP contribution >= 0.6 is 0 Å². The van der Waals surface area contributed by atoms with Gasteiger partial charge in [0.05, 0.1) is 29.7 Å². The van der Waals surface area contributed by atoms with E-state index in [4.69, 9.17) is 6.42 Å². The summed E-state index contributed by atoms with van der Waals surface area (Å²) in [5.74, 6) is 2.10. The highest BCUT2D eigenvalue weighted by Gasteiger charge is 2.22. The van der Waals surface area contributed by atoms with Crippen molar-refractivity contribution in [2.45, 2.75) is 31.2 Å². The summed E-state index contributed by atoms with van der Waals surface area (Å²) in [6.07, 6.45) is 6.83. The number of pyridine rings is 1. The van der Waals surface area contributed by atoms with Crippen molar-refractivity contribution in [1.82, 2.24) is 4.98 Å². The molecule has 0 radical (unpaired) electrons. The molecule has 2 N–H and O–H groups in total. The Kier molecular flexibility index (Phi) is 6.47. The average molecular weight is 438 g/mol. The standard InChI is InChI=1S/C23H23N3O4S/c1-4-13-26(17(3)14-22(27)28)23-20-8-6-5-7-19(20)21(15-24-23)25-31(29,30)18-11-9-16(2)10-12-18/h1,5-12,15,17,25H,13-14H2,2-3H3,(H,27,28)/t17-/m0/s1. The number of aliphatic carboxylic acids is 1. The van der Waals surface area contributed by atoms with Gasteiger partial charge in [0, 0.05) is 16.8 Å². The van der Waals surface area contributed by atoms with E-state index in [1.807, 2.05) is 13.0 Å². The number of rotatable bonds is 8. The molecular weight excluding hydrogens is 414 g/mol.